The minimum absolute atomic E-state index is 0.00264. The van der Waals surface area contributed by atoms with Crippen LogP contribution in [0.2, 0.25) is 0 Å². The molecule has 1 aromatic heterocycles. The summed E-state index contributed by atoms with van der Waals surface area (Å²) in [5.74, 6) is 0.283. The maximum absolute atomic E-state index is 12.6. The van der Waals surface area contributed by atoms with Gasteiger partial charge in [-0.15, -0.1) is 11.3 Å². The van der Waals surface area contributed by atoms with Crippen molar-refractivity contribution in [1.82, 2.24) is 10.2 Å². The molecule has 1 amide bonds. The normalized spacial score (nSPS) is 20.9. The van der Waals surface area contributed by atoms with E-state index in [2.05, 4.69) is 23.2 Å². The predicted octanol–water partition coefficient (Wildman–Crippen LogP) is 2.45. The average molecular weight is 266 g/mol. The molecule has 0 saturated carbocycles. The summed E-state index contributed by atoms with van der Waals surface area (Å²) in [7, 11) is 0. The molecule has 2 rings (SSSR count). The zero-order valence-electron chi connectivity index (χ0n) is 11.2. The van der Waals surface area contributed by atoms with Gasteiger partial charge in [0.05, 0.1) is 5.92 Å². The summed E-state index contributed by atoms with van der Waals surface area (Å²) in [6.45, 7) is 7.02. The molecule has 18 heavy (non-hydrogen) atoms. The first kappa shape index (κ1) is 13.6. The van der Waals surface area contributed by atoms with Crippen molar-refractivity contribution in [3.05, 3.63) is 22.4 Å². The molecule has 1 aromatic rings. The van der Waals surface area contributed by atoms with E-state index in [4.69, 9.17) is 0 Å². The highest BCUT2D eigenvalue weighted by Crippen LogP contribution is 2.24. The highest BCUT2D eigenvalue weighted by atomic mass is 32.1. The van der Waals surface area contributed by atoms with E-state index in [1.54, 1.807) is 11.3 Å². The van der Waals surface area contributed by atoms with Crippen LogP contribution in [0.4, 0.5) is 0 Å². The number of rotatable bonds is 5. The van der Waals surface area contributed by atoms with Gasteiger partial charge < -0.3 is 10.2 Å². The molecule has 1 N–H and O–H groups in total. The maximum Gasteiger partial charge on any atom is 0.230 e. The SMILES string of the molecule is CCCN(C(=O)C(C)c1cccs1)C1CCNC1. The van der Waals surface area contributed by atoms with Crippen molar-refractivity contribution < 1.29 is 4.79 Å². The quantitative estimate of drug-likeness (QED) is 0.888. The smallest absolute Gasteiger partial charge is 0.230 e. The molecule has 3 nitrogen and oxygen atoms in total. The fourth-order valence-electron chi connectivity index (χ4n) is 2.53. The molecule has 0 bridgehead atoms. The summed E-state index contributed by atoms with van der Waals surface area (Å²) in [6, 6.07) is 4.47. The number of nitrogens with zero attached hydrogens (tertiary/aromatic N) is 1. The second-order valence-electron chi connectivity index (χ2n) is 4.92. The van der Waals surface area contributed by atoms with Crippen molar-refractivity contribution in [1.29, 1.82) is 0 Å². The Morgan fingerprint density at radius 1 is 1.67 bits per heavy atom. The minimum atomic E-state index is -0.00264. The number of hydrogen-bond acceptors (Lipinski definition) is 3. The van der Waals surface area contributed by atoms with E-state index in [-0.39, 0.29) is 11.8 Å². The highest BCUT2D eigenvalue weighted by Gasteiger charge is 2.29. The molecule has 1 fully saturated rings. The first-order valence-electron chi connectivity index (χ1n) is 6.78. The van der Waals surface area contributed by atoms with Gasteiger partial charge in [0, 0.05) is 24.0 Å². The Morgan fingerprint density at radius 2 is 2.50 bits per heavy atom. The third-order valence-corrected chi connectivity index (χ3v) is 4.62. The third-order valence-electron chi connectivity index (χ3n) is 3.56. The van der Waals surface area contributed by atoms with E-state index in [1.165, 1.54) is 4.88 Å². The lowest BCUT2D eigenvalue weighted by atomic mass is 10.1. The Labute approximate surface area is 113 Å². The van der Waals surface area contributed by atoms with Crippen molar-refractivity contribution >= 4 is 17.2 Å². The van der Waals surface area contributed by atoms with Crippen LogP contribution in [0.1, 0.15) is 37.5 Å². The number of carbonyl (C=O) groups excluding carboxylic acids is 1. The van der Waals surface area contributed by atoms with Gasteiger partial charge in [0.25, 0.3) is 0 Å². The molecule has 4 heteroatoms. The molecule has 1 aliphatic rings. The molecule has 0 radical (unpaired) electrons. The lowest BCUT2D eigenvalue weighted by Gasteiger charge is -2.30. The van der Waals surface area contributed by atoms with Crippen LogP contribution in [0.25, 0.3) is 0 Å². The fourth-order valence-corrected chi connectivity index (χ4v) is 3.30. The summed E-state index contributed by atoms with van der Waals surface area (Å²) >= 11 is 1.67. The van der Waals surface area contributed by atoms with Crippen LogP contribution in [-0.2, 0) is 4.79 Å². The number of nitrogens with one attached hydrogen (secondary N) is 1. The first-order chi connectivity index (χ1) is 8.74. The van der Waals surface area contributed by atoms with E-state index in [9.17, 15) is 4.79 Å². The molecule has 100 valence electrons. The van der Waals surface area contributed by atoms with Gasteiger partial charge >= 0.3 is 0 Å². The Bertz CT molecular complexity index is 371. The standard InChI is InChI=1S/C14H22N2OS/c1-3-8-16(12-6-7-15-10-12)14(17)11(2)13-5-4-9-18-13/h4-5,9,11-12,15H,3,6-8,10H2,1-2H3. The Morgan fingerprint density at radius 3 is 3.06 bits per heavy atom. The average Bonchev–Trinajstić information content (AvgIpc) is 3.05. The van der Waals surface area contributed by atoms with Crippen LogP contribution in [-0.4, -0.2) is 36.5 Å². The van der Waals surface area contributed by atoms with E-state index in [0.717, 1.165) is 32.5 Å². The predicted molar refractivity (Wildman–Crippen MR) is 76.0 cm³/mol. The Balaban J connectivity index is 2.07. The number of hydrogen-bond donors (Lipinski definition) is 1. The summed E-state index contributed by atoms with van der Waals surface area (Å²) in [5.41, 5.74) is 0. The van der Waals surface area contributed by atoms with Gasteiger partial charge in [-0.2, -0.15) is 0 Å². The van der Waals surface area contributed by atoms with Gasteiger partial charge in [-0.25, -0.2) is 0 Å². The van der Waals surface area contributed by atoms with Crippen molar-refractivity contribution in [2.24, 2.45) is 0 Å². The van der Waals surface area contributed by atoms with Crippen molar-refractivity contribution in [3.63, 3.8) is 0 Å². The number of thiophene rings is 1. The second kappa shape index (κ2) is 6.34. The van der Waals surface area contributed by atoms with Gasteiger partial charge in [-0.1, -0.05) is 13.0 Å². The van der Waals surface area contributed by atoms with E-state index in [1.807, 2.05) is 18.4 Å². The largest absolute Gasteiger partial charge is 0.338 e. The molecule has 2 atom stereocenters. The van der Waals surface area contributed by atoms with E-state index >= 15 is 0 Å². The minimum Gasteiger partial charge on any atom is -0.338 e. The molecular formula is C14H22N2OS. The maximum atomic E-state index is 12.6. The highest BCUT2D eigenvalue weighted by molar-refractivity contribution is 7.10. The van der Waals surface area contributed by atoms with Crippen molar-refractivity contribution in [2.45, 2.75) is 38.6 Å². The molecule has 0 aromatic carbocycles. The van der Waals surface area contributed by atoms with E-state index in [0.29, 0.717) is 6.04 Å². The summed E-state index contributed by atoms with van der Waals surface area (Å²) in [6.07, 6.45) is 2.11. The fraction of sp³-hybridized carbons (Fsp3) is 0.643. The van der Waals surface area contributed by atoms with Gasteiger partial charge in [-0.3, -0.25) is 4.79 Å². The Hall–Kier alpha value is -0.870. The third kappa shape index (κ3) is 2.93. The van der Waals surface area contributed by atoms with Crippen LogP contribution < -0.4 is 5.32 Å². The molecule has 1 aliphatic heterocycles. The number of carbonyl (C=O) groups is 1. The van der Waals surface area contributed by atoms with Gasteiger partial charge in [-0.05, 0) is 37.8 Å². The Kier molecular flexibility index (Phi) is 4.78. The molecular weight excluding hydrogens is 244 g/mol. The van der Waals surface area contributed by atoms with Crippen LogP contribution in [0.15, 0.2) is 17.5 Å². The summed E-state index contributed by atoms with van der Waals surface area (Å²) in [4.78, 5) is 15.9. The molecule has 1 saturated heterocycles. The molecule has 2 unspecified atom stereocenters. The van der Waals surface area contributed by atoms with Crippen LogP contribution in [0.3, 0.4) is 0 Å². The lowest BCUT2D eigenvalue weighted by molar-refractivity contribution is -0.134. The topological polar surface area (TPSA) is 32.3 Å². The second-order valence-corrected chi connectivity index (χ2v) is 5.89. The lowest BCUT2D eigenvalue weighted by Crippen LogP contribution is -2.43. The monoisotopic (exact) mass is 266 g/mol. The first-order valence-corrected chi connectivity index (χ1v) is 7.66. The van der Waals surface area contributed by atoms with Crippen LogP contribution in [0.5, 0.6) is 0 Å². The molecule has 0 aliphatic carbocycles. The number of amides is 1. The van der Waals surface area contributed by atoms with Crippen LogP contribution >= 0.6 is 11.3 Å². The summed E-state index contributed by atoms with van der Waals surface area (Å²) < 4.78 is 0. The van der Waals surface area contributed by atoms with Crippen LogP contribution in [0, 0.1) is 0 Å². The van der Waals surface area contributed by atoms with Gasteiger partial charge in [0.1, 0.15) is 0 Å². The van der Waals surface area contributed by atoms with Gasteiger partial charge in [0.2, 0.25) is 5.91 Å². The van der Waals surface area contributed by atoms with Crippen molar-refractivity contribution in [2.75, 3.05) is 19.6 Å². The van der Waals surface area contributed by atoms with E-state index < -0.39 is 0 Å². The molecule has 0 spiro atoms. The van der Waals surface area contributed by atoms with Gasteiger partial charge in [0.15, 0.2) is 0 Å². The molecule has 2 heterocycles. The zero-order valence-corrected chi connectivity index (χ0v) is 12.0. The zero-order chi connectivity index (χ0) is 13.0. The summed E-state index contributed by atoms with van der Waals surface area (Å²) in [5, 5.41) is 5.39. The van der Waals surface area contributed by atoms with Crippen molar-refractivity contribution in [3.8, 4) is 0 Å².